The first-order chi connectivity index (χ1) is 13.6. The van der Waals surface area contributed by atoms with Crippen LogP contribution in [0.3, 0.4) is 0 Å². The number of amides is 1. The molecule has 2 N–H and O–H groups in total. The zero-order valence-corrected chi connectivity index (χ0v) is 19.8. The zero-order valence-electron chi connectivity index (χ0n) is 18.2. The molecule has 5 atom stereocenters. The van der Waals surface area contributed by atoms with E-state index in [9.17, 15) is 4.79 Å². The van der Waals surface area contributed by atoms with Gasteiger partial charge in [0.25, 0.3) is 0 Å². The highest BCUT2D eigenvalue weighted by Gasteiger charge is 2.46. The lowest BCUT2D eigenvalue weighted by atomic mass is 9.73. The van der Waals surface area contributed by atoms with E-state index < -0.39 is 0 Å². The summed E-state index contributed by atoms with van der Waals surface area (Å²) in [4.78, 5) is 17.7. The fraction of sp³-hybridized carbons (Fsp3) is 0.696. The number of fused-ring (bicyclic) bond motifs is 4. The maximum absolute atomic E-state index is 12.8. The molecule has 30 heavy (non-hydrogen) atoms. The molecule has 0 unspecified atom stereocenters. The van der Waals surface area contributed by atoms with Crippen molar-refractivity contribution < 1.29 is 9.53 Å². The van der Waals surface area contributed by atoms with Gasteiger partial charge in [0.1, 0.15) is 5.75 Å². The van der Waals surface area contributed by atoms with Crippen molar-refractivity contribution in [1.82, 2.24) is 9.80 Å². The maximum Gasteiger partial charge on any atom is 0.239 e. The van der Waals surface area contributed by atoms with Gasteiger partial charge in [0, 0.05) is 31.7 Å². The number of methoxy groups -OCH3 is 1. The largest absolute Gasteiger partial charge is 0.497 e. The van der Waals surface area contributed by atoms with E-state index in [-0.39, 0.29) is 36.8 Å². The average molecular weight is 458 g/mol. The molecule has 3 saturated heterocycles. The van der Waals surface area contributed by atoms with Crippen molar-refractivity contribution in [3.05, 3.63) is 29.8 Å². The van der Waals surface area contributed by atoms with E-state index in [1.165, 1.54) is 31.2 Å². The highest BCUT2D eigenvalue weighted by atomic mass is 35.5. The molecule has 0 radical (unpaired) electrons. The third kappa shape index (κ3) is 5.07. The molecule has 0 aliphatic carbocycles. The smallest absolute Gasteiger partial charge is 0.239 e. The lowest BCUT2D eigenvalue weighted by molar-refractivity contribution is -0.140. The van der Waals surface area contributed by atoms with Crippen LogP contribution in [0.5, 0.6) is 5.75 Å². The molecule has 2 bridgehead atoms. The Labute approximate surface area is 193 Å². The van der Waals surface area contributed by atoms with Crippen LogP contribution in [0.1, 0.15) is 57.1 Å². The van der Waals surface area contributed by atoms with Crippen LogP contribution in [-0.4, -0.2) is 54.5 Å². The summed E-state index contributed by atoms with van der Waals surface area (Å²) < 4.78 is 5.33. The minimum absolute atomic E-state index is 0. The molecule has 0 saturated carbocycles. The Balaban J connectivity index is 0.00000160. The Hall–Kier alpha value is -1.01. The lowest BCUT2D eigenvalue weighted by Gasteiger charge is -2.55. The second kappa shape index (κ2) is 11.0. The standard InChI is InChI=1S/C23H35N3O2.2ClH/c1-3-5-20(24)23(27)25-13-16-12-18(15-25)22-7-4-6-21(26(22)14-16)17-8-10-19(28-2)11-9-17;;/h8-11,16,18,20-22H,3-7,12-15,24H2,1-2H3;2*1H/t16-,18+,20-,21+,22-;;/m0../s1. The first-order valence-corrected chi connectivity index (χ1v) is 11.0. The zero-order chi connectivity index (χ0) is 19.7. The third-order valence-electron chi connectivity index (χ3n) is 7.12. The first kappa shape index (κ1) is 25.3. The van der Waals surface area contributed by atoms with E-state index >= 15 is 0 Å². The Morgan fingerprint density at radius 2 is 1.90 bits per heavy atom. The van der Waals surface area contributed by atoms with Crippen molar-refractivity contribution in [2.24, 2.45) is 17.6 Å². The number of ether oxygens (including phenoxy) is 1. The van der Waals surface area contributed by atoms with Gasteiger partial charge in [-0.05, 0) is 61.6 Å². The van der Waals surface area contributed by atoms with Gasteiger partial charge in [-0.25, -0.2) is 0 Å². The van der Waals surface area contributed by atoms with Crippen molar-refractivity contribution in [1.29, 1.82) is 0 Å². The molecule has 5 nitrogen and oxygen atoms in total. The lowest BCUT2D eigenvalue weighted by Crippen LogP contribution is -2.61. The molecule has 3 heterocycles. The van der Waals surface area contributed by atoms with Gasteiger partial charge in [-0.3, -0.25) is 9.69 Å². The molecule has 3 fully saturated rings. The van der Waals surface area contributed by atoms with E-state index in [0.29, 0.717) is 23.9 Å². The number of nitrogens with two attached hydrogens (primary N) is 1. The van der Waals surface area contributed by atoms with E-state index in [0.717, 1.165) is 38.2 Å². The van der Waals surface area contributed by atoms with Gasteiger partial charge in [-0.2, -0.15) is 0 Å². The number of carbonyl (C=O) groups is 1. The van der Waals surface area contributed by atoms with Crippen LogP contribution in [-0.2, 0) is 4.79 Å². The number of piperidine rings is 3. The molecule has 7 heteroatoms. The molecule has 1 amide bonds. The van der Waals surface area contributed by atoms with Gasteiger partial charge in [0.2, 0.25) is 5.91 Å². The van der Waals surface area contributed by atoms with Crippen LogP contribution in [0.25, 0.3) is 0 Å². The van der Waals surface area contributed by atoms with Crippen LogP contribution in [0.15, 0.2) is 24.3 Å². The monoisotopic (exact) mass is 457 g/mol. The number of likely N-dealkylation sites (tertiary alicyclic amines) is 1. The molecule has 170 valence electrons. The predicted octanol–water partition coefficient (Wildman–Crippen LogP) is 4.04. The number of nitrogens with zero attached hydrogens (tertiary/aromatic N) is 2. The van der Waals surface area contributed by atoms with E-state index in [1.807, 2.05) is 0 Å². The third-order valence-corrected chi connectivity index (χ3v) is 7.12. The van der Waals surface area contributed by atoms with Crippen LogP contribution in [0, 0.1) is 11.8 Å². The summed E-state index contributed by atoms with van der Waals surface area (Å²) in [5.74, 6) is 2.26. The number of hydrogen-bond donors (Lipinski definition) is 1. The molecular formula is C23H37Cl2N3O2. The quantitative estimate of drug-likeness (QED) is 0.724. The number of benzene rings is 1. The molecule has 3 aliphatic rings. The number of hydrogen-bond acceptors (Lipinski definition) is 4. The Morgan fingerprint density at radius 1 is 1.17 bits per heavy atom. The summed E-state index contributed by atoms with van der Waals surface area (Å²) in [6.45, 7) is 4.97. The second-order valence-electron chi connectivity index (χ2n) is 8.98. The van der Waals surface area contributed by atoms with E-state index in [4.69, 9.17) is 10.5 Å². The van der Waals surface area contributed by atoms with Crippen LogP contribution in [0.2, 0.25) is 0 Å². The van der Waals surface area contributed by atoms with Crippen molar-refractivity contribution in [3.8, 4) is 5.75 Å². The van der Waals surface area contributed by atoms with Crippen LogP contribution < -0.4 is 10.5 Å². The fourth-order valence-corrected chi connectivity index (χ4v) is 5.84. The molecule has 1 aromatic rings. The van der Waals surface area contributed by atoms with Gasteiger partial charge in [0.05, 0.1) is 13.2 Å². The van der Waals surface area contributed by atoms with Gasteiger partial charge >= 0.3 is 0 Å². The van der Waals surface area contributed by atoms with Gasteiger partial charge < -0.3 is 15.4 Å². The highest BCUT2D eigenvalue weighted by Crippen LogP contribution is 2.44. The normalized spacial score (nSPS) is 29.1. The Kier molecular flexibility index (Phi) is 9.29. The fourth-order valence-electron chi connectivity index (χ4n) is 5.84. The second-order valence-corrected chi connectivity index (χ2v) is 8.98. The van der Waals surface area contributed by atoms with Crippen molar-refractivity contribution in [2.75, 3.05) is 26.7 Å². The van der Waals surface area contributed by atoms with Crippen LogP contribution >= 0.6 is 24.8 Å². The van der Waals surface area contributed by atoms with Gasteiger partial charge in [-0.15, -0.1) is 24.8 Å². The number of rotatable bonds is 5. The number of halogens is 2. The summed E-state index contributed by atoms with van der Waals surface area (Å²) in [5, 5.41) is 0. The van der Waals surface area contributed by atoms with Crippen molar-refractivity contribution in [2.45, 2.75) is 63.6 Å². The number of carbonyl (C=O) groups excluding carboxylic acids is 1. The maximum atomic E-state index is 12.8. The molecule has 3 aliphatic heterocycles. The summed E-state index contributed by atoms with van der Waals surface area (Å²) in [6, 6.07) is 9.40. The Bertz CT molecular complexity index is 688. The minimum atomic E-state index is -0.321. The summed E-state index contributed by atoms with van der Waals surface area (Å²) in [7, 11) is 1.72. The van der Waals surface area contributed by atoms with Crippen molar-refractivity contribution >= 4 is 30.7 Å². The van der Waals surface area contributed by atoms with E-state index in [1.54, 1.807) is 7.11 Å². The highest BCUT2D eigenvalue weighted by molar-refractivity contribution is 5.85. The molecule has 0 aromatic heterocycles. The SMILES string of the molecule is CCC[C@H](N)C(=O)N1C[C@@H]2C[C@H](C1)[C@@H]1CCC[C@H](c3ccc(OC)cc3)N1C2.Cl.Cl. The topological polar surface area (TPSA) is 58.8 Å². The van der Waals surface area contributed by atoms with Gasteiger partial charge in [0.15, 0.2) is 0 Å². The molecule has 1 aromatic carbocycles. The average Bonchev–Trinajstić information content (AvgIpc) is 2.73. The van der Waals surface area contributed by atoms with Gasteiger partial charge in [-0.1, -0.05) is 25.5 Å². The summed E-state index contributed by atoms with van der Waals surface area (Å²) in [6.07, 6.45) is 6.78. The predicted molar refractivity (Wildman–Crippen MR) is 126 cm³/mol. The minimum Gasteiger partial charge on any atom is -0.497 e. The first-order valence-electron chi connectivity index (χ1n) is 11.0. The van der Waals surface area contributed by atoms with Crippen molar-refractivity contribution in [3.63, 3.8) is 0 Å². The summed E-state index contributed by atoms with van der Waals surface area (Å²) >= 11 is 0. The molecule has 4 rings (SSSR count). The van der Waals surface area contributed by atoms with Crippen LogP contribution in [0.4, 0.5) is 0 Å². The molecule has 0 spiro atoms. The van der Waals surface area contributed by atoms with E-state index in [2.05, 4.69) is 41.0 Å². The Morgan fingerprint density at radius 3 is 2.57 bits per heavy atom. The summed E-state index contributed by atoms with van der Waals surface area (Å²) in [5.41, 5.74) is 7.56. The molecular weight excluding hydrogens is 421 g/mol.